The lowest BCUT2D eigenvalue weighted by molar-refractivity contribution is -0.121. The number of benzene rings is 2. The number of methoxy groups -OCH3 is 1. The van der Waals surface area contributed by atoms with Gasteiger partial charge < -0.3 is 10.1 Å². The topological polar surface area (TPSA) is 96.0 Å². The van der Waals surface area contributed by atoms with Crippen LogP contribution in [-0.2, 0) is 19.1 Å². The lowest BCUT2D eigenvalue weighted by atomic mass is 10.1. The Kier molecular flexibility index (Phi) is 5.81. The molecule has 2 aromatic rings. The molecule has 0 bridgehead atoms. The van der Waals surface area contributed by atoms with Crippen molar-refractivity contribution in [3.63, 3.8) is 0 Å². The Morgan fingerprint density at radius 1 is 1.06 bits per heavy atom. The summed E-state index contributed by atoms with van der Waals surface area (Å²) < 4.78 is 5.02. The van der Waals surface area contributed by atoms with E-state index >= 15 is 0 Å². The molecule has 0 unspecified atom stereocenters. The fourth-order valence-electron chi connectivity index (χ4n) is 3.40. The van der Waals surface area contributed by atoms with Crippen LogP contribution >= 0.6 is 24.0 Å². The first kappa shape index (κ1) is 21.7. The van der Waals surface area contributed by atoms with Crippen molar-refractivity contribution < 1.29 is 23.9 Å². The van der Waals surface area contributed by atoms with E-state index in [9.17, 15) is 19.2 Å². The first-order valence-corrected chi connectivity index (χ1v) is 10.7. The standard InChI is InChI=1S/C22H17N3O5S2/c1-24-20(28)18(32-22(24)31)17-14-5-3-4-6-15(14)25(19(17)27)11-16(26)23-13-9-7-12(8-10-13)21(29)30-2/h3-10H,11H2,1-2H3,(H,23,26)/b18-17-. The van der Waals surface area contributed by atoms with Crippen LogP contribution in [0.2, 0.25) is 0 Å². The van der Waals surface area contributed by atoms with Gasteiger partial charge in [0.25, 0.3) is 11.8 Å². The van der Waals surface area contributed by atoms with Crippen molar-refractivity contribution in [2.45, 2.75) is 0 Å². The first-order valence-electron chi connectivity index (χ1n) is 9.45. The van der Waals surface area contributed by atoms with Crippen LogP contribution in [0.1, 0.15) is 15.9 Å². The predicted octanol–water partition coefficient (Wildman–Crippen LogP) is 2.66. The van der Waals surface area contributed by atoms with Crippen molar-refractivity contribution in [3.8, 4) is 0 Å². The Bertz CT molecular complexity index is 1210. The molecule has 0 spiro atoms. The third-order valence-electron chi connectivity index (χ3n) is 5.00. The first-order chi connectivity index (χ1) is 15.3. The number of anilines is 2. The number of carbonyl (C=O) groups excluding carboxylic acids is 4. The van der Waals surface area contributed by atoms with Gasteiger partial charge >= 0.3 is 5.97 Å². The highest BCUT2D eigenvalue weighted by Crippen LogP contribution is 2.44. The van der Waals surface area contributed by atoms with E-state index in [0.717, 1.165) is 11.8 Å². The van der Waals surface area contributed by atoms with Gasteiger partial charge in [-0.15, -0.1) is 0 Å². The summed E-state index contributed by atoms with van der Waals surface area (Å²) in [5, 5.41) is 2.71. The molecule has 1 saturated heterocycles. The molecule has 2 aliphatic heterocycles. The van der Waals surface area contributed by atoms with E-state index < -0.39 is 17.8 Å². The summed E-state index contributed by atoms with van der Waals surface area (Å²) in [4.78, 5) is 53.0. The fraction of sp³-hybridized carbons (Fsp3) is 0.136. The predicted molar refractivity (Wildman–Crippen MR) is 125 cm³/mol. The van der Waals surface area contributed by atoms with Crippen LogP contribution in [0.4, 0.5) is 11.4 Å². The summed E-state index contributed by atoms with van der Waals surface area (Å²) in [6.45, 7) is -0.246. The molecule has 0 aromatic heterocycles. The number of thiocarbonyl (C=S) groups is 1. The molecule has 3 amide bonds. The number of nitrogens with zero attached hydrogens (tertiary/aromatic N) is 2. The quantitative estimate of drug-likeness (QED) is 0.420. The lowest BCUT2D eigenvalue weighted by Crippen LogP contribution is -2.35. The molecular formula is C22H17N3O5S2. The summed E-state index contributed by atoms with van der Waals surface area (Å²) in [6, 6.07) is 13.2. The van der Waals surface area contributed by atoms with Crippen molar-refractivity contribution in [1.29, 1.82) is 0 Å². The van der Waals surface area contributed by atoms with E-state index in [2.05, 4.69) is 10.1 Å². The third-order valence-corrected chi connectivity index (χ3v) is 6.56. The second-order valence-corrected chi connectivity index (χ2v) is 8.61. The van der Waals surface area contributed by atoms with Crippen molar-refractivity contribution in [3.05, 3.63) is 64.6 Å². The summed E-state index contributed by atoms with van der Waals surface area (Å²) >= 11 is 6.27. The normalized spacial score (nSPS) is 17.6. The molecule has 0 aliphatic carbocycles. The SMILES string of the molecule is COC(=O)c1ccc(NC(=O)CN2C(=O)/C(=C3\SC(=S)N(C)C3=O)c3ccccc32)cc1. The monoisotopic (exact) mass is 467 g/mol. The van der Waals surface area contributed by atoms with Gasteiger partial charge in [0.1, 0.15) is 10.9 Å². The highest BCUT2D eigenvalue weighted by molar-refractivity contribution is 8.26. The Balaban J connectivity index is 1.58. The van der Waals surface area contributed by atoms with Crippen LogP contribution in [0.15, 0.2) is 53.4 Å². The fourth-order valence-corrected chi connectivity index (χ4v) is 4.65. The van der Waals surface area contributed by atoms with Gasteiger partial charge in [-0.05, 0) is 30.3 Å². The molecule has 10 heteroatoms. The van der Waals surface area contributed by atoms with Crippen LogP contribution in [0.25, 0.3) is 5.57 Å². The van der Waals surface area contributed by atoms with E-state index in [4.69, 9.17) is 12.2 Å². The number of nitrogens with one attached hydrogen (secondary N) is 1. The van der Waals surface area contributed by atoms with Gasteiger partial charge in [-0.2, -0.15) is 0 Å². The van der Waals surface area contributed by atoms with Crippen molar-refractivity contribution >= 4 is 68.9 Å². The van der Waals surface area contributed by atoms with Crippen molar-refractivity contribution in [1.82, 2.24) is 4.90 Å². The maximum absolute atomic E-state index is 13.3. The number of esters is 1. The molecule has 1 N–H and O–H groups in total. The molecule has 162 valence electrons. The Morgan fingerprint density at radius 3 is 2.38 bits per heavy atom. The number of fused-ring (bicyclic) bond motifs is 1. The third kappa shape index (κ3) is 3.78. The molecule has 32 heavy (non-hydrogen) atoms. The molecule has 4 rings (SSSR count). The zero-order valence-corrected chi connectivity index (χ0v) is 18.7. The maximum Gasteiger partial charge on any atom is 0.337 e. The van der Waals surface area contributed by atoms with Crippen LogP contribution in [0.5, 0.6) is 0 Å². The second-order valence-electron chi connectivity index (χ2n) is 6.96. The number of thioether (sulfide) groups is 1. The highest BCUT2D eigenvalue weighted by Gasteiger charge is 2.41. The number of rotatable bonds is 4. The number of hydrogen-bond donors (Lipinski definition) is 1. The van der Waals surface area contributed by atoms with Crippen LogP contribution in [0, 0.1) is 0 Å². The number of para-hydroxylation sites is 1. The molecular weight excluding hydrogens is 450 g/mol. The van der Waals surface area contributed by atoms with E-state index in [0.29, 0.717) is 26.8 Å². The van der Waals surface area contributed by atoms with Gasteiger partial charge in [0.05, 0.1) is 28.8 Å². The Labute approximate surface area is 193 Å². The summed E-state index contributed by atoms with van der Waals surface area (Å²) in [7, 11) is 2.85. The lowest BCUT2D eigenvalue weighted by Gasteiger charge is -2.17. The zero-order valence-electron chi connectivity index (χ0n) is 17.1. The minimum absolute atomic E-state index is 0.246. The molecule has 0 saturated carbocycles. The van der Waals surface area contributed by atoms with Crippen LogP contribution < -0.4 is 10.2 Å². The van der Waals surface area contributed by atoms with Gasteiger partial charge in [-0.25, -0.2) is 4.79 Å². The Morgan fingerprint density at radius 2 is 1.75 bits per heavy atom. The van der Waals surface area contributed by atoms with E-state index in [1.807, 2.05) is 0 Å². The van der Waals surface area contributed by atoms with Gasteiger partial charge in [0.2, 0.25) is 5.91 Å². The second kappa shape index (κ2) is 8.56. The molecule has 2 heterocycles. The smallest absolute Gasteiger partial charge is 0.337 e. The molecule has 0 atom stereocenters. The highest BCUT2D eigenvalue weighted by atomic mass is 32.2. The number of carbonyl (C=O) groups is 4. The Hall–Kier alpha value is -3.50. The molecule has 0 radical (unpaired) electrons. The summed E-state index contributed by atoms with van der Waals surface area (Å²) in [5.41, 5.74) is 2.20. The zero-order chi connectivity index (χ0) is 23.0. The summed E-state index contributed by atoms with van der Waals surface area (Å²) in [5.74, 6) is -1.68. The number of hydrogen-bond acceptors (Lipinski definition) is 7. The minimum atomic E-state index is -0.479. The van der Waals surface area contributed by atoms with E-state index in [-0.39, 0.29) is 22.9 Å². The molecule has 2 aliphatic rings. The van der Waals surface area contributed by atoms with Crippen LogP contribution in [0.3, 0.4) is 0 Å². The number of likely N-dealkylation sites (N-methyl/N-ethyl adjacent to an activating group) is 1. The minimum Gasteiger partial charge on any atom is -0.465 e. The average molecular weight is 468 g/mol. The largest absolute Gasteiger partial charge is 0.465 e. The van der Waals surface area contributed by atoms with Gasteiger partial charge in [-0.1, -0.05) is 42.2 Å². The molecule has 8 nitrogen and oxygen atoms in total. The van der Waals surface area contributed by atoms with Gasteiger partial charge in [0.15, 0.2) is 0 Å². The van der Waals surface area contributed by atoms with E-state index in [1.54, 1.807) is 43.4 Å². The van der Waals surface area contributed by atoms with Crippen LogP contribution in [-0.4, -0.2) is 53.6 Å². The summed E-state index contributed by atoms with van der Waals surface area (Å²) in [6.07, 6.45) is 0. The molecule has 1 fully saturated rings. The van der Waals surface area contributed by atoms with Crippen molar-refractivity contribution in [2.24, 2.45) is 0 Å². The van der Waals surface area contributed by atoms with E-state index in [1.165, 1.54) is 29.0 Å². The van der Waals surface area contributed by atoms with Gasteiger partial charge in [-0.3, -0.25) is 24.2 Å². The molecule has 2 aromatic carbocycles. The average Bonchev–Trinajstić information content (AvgIpc) is 3.21. The van der Waals surface area contributed by atoms with Gasteiger partial charge in [0, 0.05) is 18.3 Å². The maximum atomic E-state index is 13.3. The van der Waals surface area contributed by atoms with Crippen molar-refractivity contribution in [2.75, 3.05) is 30.9 Å². The number of ether oxygens (including phenoxy) is 1. The number of amides is 3.